The van der Waals surface area contributed by atoms with Crippen LogP contribution in [-0.4, -0.2) is 24.8 Å². The predicted octanol–water partition coefficient (Wildman–Crippen LogP) is 6.09. The Hall–Kier alpha value is -3.06. The Morgan fingerprint density at radius 2 is 2.09 bits per heavy atom. The van der Waals surface area contributed by atoms with E-state index in [1.807, 2.05) is 51.1 Å². The first kappa shape index (κ1) is 23.1. The van der Waals surface area contributed by atoms with Gasteiger partial charge in [-0.2, -0.15) is 0 Å². The van der Waals surface area contributed by atoms with Crippen LogP contribution in [0.2, 0.25) is 0 Å². The number of hydrogen-bond donors (Lipinski definition) is 1. The molecule has 2 aromatic heterocycles. The van der Waals surface area contributed by atoms with E-state index < -0.39 is 0 Å². The van der Waals surface area contributed by atoms with Crippen LogP contribution in [0.3, 0.4) is 0 Å². The highest BCUT2D eigenvalue weighted by molar-refractivity contribution is 7.16. The van der Waals surface area contributed by atoms with Crippen LogP contribution < -0.4 is 14.8 Å². The van der Waals surface area contributed by atoms with Crippen LogP contribution in [0.4, 0.5) is 5.00 Å². The maximum absolute atomic E-state index is 13.1. The number of nitrogens with one attached hydrogen (secondary N) is 1. The molecule has 4 rings (SSSR count). The van der Waals surface area contributed by atoms with E-state index in [0.717, 1.165) is 47.6 Å². The molecule has 0 bridgehead atoms. The lowest BCUT2D eigenvalue weighted by molar-refractivity contribution is 0.0948. The van der Waals surface area contributed by atoms with Crippen molar-refractivity contribution in [1.29, 1.82) is 0 Å². The number of aryl methyl sites for hydroxylation is 1. The predicted molar refractivity (Wildman–Crippen MR) is 131 cm³/mol. The van der Waals surface area contributed by atoms with Crippen LogP contribution in [0.15, 0.2) is 46.0 Å². The lowest BCUT2D eigenvalue weighted by atomic mass is 9.95. The second kappa shape index (κ2) is 10.7. The maximum Gasteiger partial charge on any atom is 0.255 e. The fraction of sp³-hybridized carbons (Fsp3) is 0.385. The molecule has 0 saturated carbocycles. The summed E-state index contributed by atoms with van der Waals surface area (Å²) in [6, 6.07) is 9.45. The molecule has 0 unspecified atom stereocenters. The molecular formula is C26H30N2O4S. The van der Waals surface area contributed by atoms with Gasteiger partial charge in [-0.25, -0.2) is 4.99 Å². The second-order valence-electron chi connectivity index (χ2n) is 8.22. The zero-order valence-corrected chi connectivity index (χ0v) is 20.2. The number of aliphatic imine (C=N–C) groups is 1. The fourth-order valence-corrected chi connectivity index (χ4v) is 5.13. The number of thiophene rings is 1. The largest absolute Gasteiger partial charge is 0.490 e. The van der Waals surface area contributed by atoms with E-state index in [1.165, 1.54) is 4.88 Å². The second-order valence-corrected chi connectivity index (χ2v) is 9.30. The highest BCUT2D eigenvalue weighted by atomic mass is 32.1. The number of rotatable bonds is 9. The highest BCUT2D eigenvalue weighted by Gasteiger charge is 2.25. The lowest BCUT2D eigenvalue weighted by Gasteiger charge is -2.14. The quantitative estimate of drug-likeness (QED) is 0.388. The third-order valence-corrected chi connectivity index (χ3v) is 6.54. The van der Waals surface area contributed by atoms with Crippen LogP contribution in [-0.2, 0) is 19.4 Å². The Morgan fingerprint density at radius 1 is 1.24 bits per heavy atom. The van der Waals surface area contributed by atoms with Gasteiger partial charge in [-0.15, -0.1) is 11.3 Å². The molecule has 1 N–H and O–H groups in total. The molecule has 174 valence electrons. The molecule has 0 saturated heterocycles. The Morgan fingerprint density at radius 3 is 2.85 bits per heavy atom. The number of furan rings is 1. The standard InChI is InChI=1S/C26H30N2O4S/c1-4-30-22-14-18(11-12-21(22)32-17(2)3)15-28-26-24(20-9-5-6-10-23(20)33-26)25(29)27-16-19-8-7-13-31-19/h7-8,11-15,17H,4-6,9-10,16H2,1-3H3,(H,27,29). The Labute approximate surface area is 198 Å². The minimum absolute atomic E-state index is 0.0587. The summed E-state index contributed by atoms with van der Waals surface area (Å²) in [5.41, 5.74) is 2.73. The van der Waals surface area contributed by atoms with E-state index in [2.05, 4.69) is 5.32 Å². The lowest BCUT2D eigenvalue weighted by Crippen LogP contribution is -2.23. The summed E-state index contributed by atoms with van der Waals surface area (Å²) in [7, 11) is 0. The van der Waals surface area contributed by atoms with Gasteiger partial charge >= 0.3 is 0 Å². The zero-order valence-electron chi connectivity index (χ0n) is 19.3. The molecule has 0 aliphatic heterocycles. The Balaban J connectivity index is 1.60. The molecule has 0 radical (unpaired) electrons. The van der Waals surface area contributed by atoms with Gasteiger partial charge in [0.05, 0.1) is 31.1 Å². The zero-order chi connectivity index (χ0) is 23.2. The van der Waals surface area contributed by atoms with Crippen molar-refractivity contribution in [3.05, 3.63) is 63.9 Å². The molecule has 0 atom stereocenters. The number of carbonyl (C=O) groups is 1. The van der Waals surface area contributed by atoms with Crippen LogP contribution in [0.25, 0.3) is 0 Å². The number of amides is 1. The van der Waals surface area contributed by atoms with Crippen molar-refractivity contribution in [2.45, 2.75) is 59.1 Å². The van der Waals surface area contributed by atoms with E-state index >= 15 is 0 Å². The monoisotopic (exact) mass is 466 g/mol. The third kappa shape index (κ3) is 5.66. The van der Waals surface area contributed by atoms with Gasteiger partial charge in [-0.1, -0.05) is 0 Å². The van der Waals surface area contributed by atoms with Gasteiger partial charge in [0.2, 0.25) is 0 Å². The van der Waals surface area contributed by atoms with Gasteiger partial charge in [0.25, 0.3) is 5.91 Å². The highest BCUT2D eigenvalue weighted by Crippen LogP contribution is 2.40. The van der Waals surface area contributed by atoms with Crippen LogP contribution in [0.5, 0.6) is 11.5 Å². The average Bonchev–Trinajstić information content (AvgIpc) is 3.45. The smallest absolute Gasteiger partial charge is 0.255 e. The summed E-state index contributed by atoms with van der Waals surface area (Å²) in [5, 5.41) is 3.74. The van der Waals surface area contributed by atoms with E-state index in [-0.39, 0.29) is 12.0 Å². The van der Waals surface area contributed by atoms with E-state index in [1.54, 1.807) is 23.8 Å². The molecule has 33 heavy (non-hydrogen) atoms. The van der Waals surface area contributed by atoms with Gasteiger partial charge in [-0.3, -0.25) is 4.79 Å². The van der Waals surface area contributed by atoms with E-state index in [0.29, 0.717) is 30.2 Å². The van der Waals surface area contributed by atoms with Crippen molar-refractivity contribution in [3.8, 4) is 11.5 Å². The van der Waals surface area contributed by atoms with Gasteiger partial charge in [0, 0.05) is 11.1 Å². The summed E-state index contributed by atoms with van der Waals surface area (Å²) < 4.78 is 17.0. The van der Waals surface area contributed by atoms with Crippen LogP contribution in [0.1, 0.15) is 65.7 Å². The topological polar surface area (TPSA) is 73.1 Å². The summed E-state index contributed by atoms with van der Waals surface area (Å²) in [4.78, 5) is 19.2. The first-order valence-corrected chi connectivity index (χ1v) is 12.3. The van der Waals surface area contributed by atoms with Crippen molar-refractivity contribution >= 4 is 28.5 Å². The van der Waals surface area contributed by atoms with Gasteiger partial charge < -0.3 is 19.2 Å². The number of hydrogen-bond acceptors (Lipinski definition) is 6. The van der Waals surface area contributed by atoms with Crippen molar-refractivity contribution in [3.63, 3.8) is 0 Å². The first-order chi connectivity index (χ1) is 16.0. The SMILES string of the molecule is CCOc1cc(C=Nc2sc3c(c2C(=O)NCc2ccco2)CCCC3)ccc1OC(C)C. The summed E-state index contributed by atoms with van der Waals surface area (Å²) in [6.45, 7) is 6.83. The summed E-state index contributed by atoms with van der Waals surface area (Å²) >= 11 is 1.62. The number of nitrogens with zero attached hydrogens (tertiary/aromatic N) is 1. The van der Waals surface area contributed by atoms with Crippen molar-refractivity contribution in [2.24, 2.45) is 4.99 Å². The Bertz CT molecular complexity index is 1120. The Kier molecular flexibility index (Phi) is 7.50. The van der Waals surface area contributed by atoms with Gasteiger partial charge in [-0.05, 0) is 87.9 Å². The minimum Gasteiger partial charge on any atom is -0.490 e. The molecular weight excluding hydrogens is 436 g/mol. The molecule has 1 aliphatic carbocycles. The van der Waals surface area contributed by atoms with Crippen molar-refractivity contribution in [2.75, 3.05) is 6.61 Å². The molecule has 1 aromatic carbocycles. The molecule has 6 nitrogen and oxygen atoms in total. The maximum atomic E-state index is 13.1. The van der Waals surface area contributed by atoms with Crippen LogP contribution in [0, 0.1) is 0 Å². The molecule has 0 spiro atoms. The van der Waals surface area contributed by atoms with Crippen molar-refractivity contribution < 1.29 is 18.7 Å². The van der Waals surface area contributed by atoms with Crippen molar-refractivity contribution in [1.82, 2.24) is 5.32 Å². The number of fused-ring (bicyclic) bond motifs is 1. The first-order valence-electron chi connectivity index (χ1n) is 11.5. The summed E-state index contributed by atoms with van der Waals surface area (Å²) in [5.74, 6) is 2.03. The minimum atomic E-state index is -0.103. The number of ether oxygens (including phenoxy) is 2. The van der Waals surface area contributed by atoms with Crippen LogP contribution >= 0.6 is 11.3 Å². The van der Waals surface area contributed by atoms with E-state index in [4.69, 9.17) is 18.9 Å². The molecule has 1 aliphatic rings. The fourth-order valence-electron chi connectivity index (χ4n) is 3.90. The van der Waals surface area contributed by atoms with E-state index in [9.17, 15) is 4.79 Å². The van der Waals surface area contributed by atoms with Gasteiger partial charge in [0.1, 0.15) is 10.8 Å². The number of benzene rings is 1. The molecule has 3 aromatic rings. The number of carbonyl (C=O) groups excluding carboxylic acids is 1. The summed E-state index contributed by atoms with van der Waals surface area (Å²) in [6.07, 6.45) is 7.63. The normalized spacial score (nSPS) is 13.3. The van der Waals surface area contributed by atoms with Gasteiger partial charge in [0.15, 0.2) is 11.5 Å². The average molecular weight is 467 g/mol. The molecule has 0 fully saturated rings. The third-order valence-electron chi connectivity index (χ3n) is 5.34. The molecule has 1 amide bonds. The molecule has 2 heterocycles. The molecule has 7 heteroatoms.